The Hall–Kier alpha value is -1.96. The maximum Gasteiger partial charge on any atom is 0.256 e. The molecule has 2 aromatic carbocycles. The van der Waals surface area contributed by atoms with Crippen LogP contribution in [-0.4, -0.2) is 29.8 Å². The molecule has 1 saturated heterocycles. The van der Waals surface area contributed by atoms with Crippen molar-refractivity contribution in [2.45, 2.75) is 19.8 Å². The first-order chi connectivity index (χ1) is 12.0. The van der Waals surface area contributed by atoms with Crippen molar-refractivity contribution in [3.8, 4) is 0 Å². The fraction of sp³-hybridized carbons (Fsp3) is 0.263. The molecule has 0 aromatic heterocycles. The molecule has 130 valence electrons. The van der Waals surface area contributed by atoms with E-state index in [2.05, 4.69) is 5.32 Å². The van der Waals surface area contributed by atoms with Crippen LogP contribution in [0.2, 0.25) is 0 Å². The van der Waals surface area contributed by atoms with Crippen LogP contribution < -0.4 is 5.32 Å². The van der Waals surface area contributed by atoms with Crippen LogP contribution in [0.3, 0.4) is 0 Å². The Bertz CT molecular complexity index is 832. The van der Waals surface area contributed by atoms with E-state index in [0.717, 1.165) is 31.5 Å². The van der Waals surface area contributed by atoms with Crippen molar-refractivity contribution in [2.75, 3.05) is 18.4 Å². The molecule has 0 radical (unpaired) electrons. The summed E-state index contributed by atoms with van der Waals surface area (Å²) in [5, 5.41) is 2.84. The lowest BCUT2D eigenvalue weighted by Crippen LogP contribution is -2.28. The van der Waals surface area contributed by atoms with E-state index in [-0.39, 0.29) is 17.6 Å². The van der Waals surface area contributed by atoms with Crippen molar-refractivity contribution in [1.82, 2.24) is 4.90 Å². The van der Waals surface area contributed by atoms with Gasteiger partial charge in [-0.15, -0.1) is 0 Å². The highest BCUT2D eigenvalue weighted by atomic mass is 127. The lowest BCUT2D eigenvalue weighted by molar-refractivity contribution is 0.0791. The zero-order valence-corrected chi connectivity index (χ0v) is 16.0. The topological polar surface area (TPSA) is 49.4 Å². The zero-order valence-electron chi connectivity index (χ0n) is 13.8. The smallest absolute Gasteiger partial charge is 0.256 e. The van der Waals surface area contributed by atoms with E-state index in [0.29, 0.717) is 20.4 Å². The van der Waals surface area contributed by atoms with Gasteiger partial charge in [0.15, 0.2) is 0 Å². The number of hydrogen-bond acceptors (Lipinski definition) is 2. The Morgan fingerprint density at radius 1 is 1.12 bits per heavy atom. The highest BCUT2D eigenvalue weighted by Gasteiger charge is 2.22. The van der Waals surface area contributed by atoms with E-state index in [1.807, 2.05) is 34.4 Å². The molecule has 0 bridgehead atoms. The highest BCUT2D eigenvalue weighted by Crippen LogP contribution is 2.23. The van der Waals surface area contributed by atoms with E-state index in [9.17, 15) is 14.0 Å². The Balaban J connectivity index is 1.84. The van der Waals surface area contributed by atoms with Gasteiger partial charge in [-0.25, -0.2) is 4.39 Å². The Morgan fingerprint density at radius 2 is 1.84 bits per heavy atom. The summed E-state index contributed by atoms with van der Waals surface area (Å²) in [5.74, 6) is -0.698. The number of benzene rings is 2. The quantitative estimate of drug-likeness (QED) is 0.709. The van der Waals surface area contributed by atoms with Crippen LogP contribution >= 0.6 is 22.6 Å². The second-order valence-electron chi connectivity index (χ2n) is 6.06. The summed E-state index contributed by atoms with van der Waals surface area (Å²) in [4.78, 5) is 27.0. The molecular formula is C19H18FIN2O2. The van der Waals surface area contributed by atoms with Gasteiger partial charge in [0.25, 0.3) is 11.8 Å². The van der Waals surface area contributed by atoms with Crippen LogP contribution in [-0.2, 0) is 0 Å². The van der Waals surface area contributed by atoms with E-state index < -0.39 is 0 Å². The van der Waals surface area contributed by atoms with E-state index in [4.69, 9.17) is 0 Å². The van der Waals surface area contributed by atoms with Gasteiger partial charge in [-0.1, -0.05) is 6.07 Å². The third kappa shape index (κ3) is 3.84. The van der Waals surface area contributed by atoms with Crippen molar-refractivity contribution in [3.63, 3.8) is 0 Å². The van der Waals surface area contributed by atoms with Crippen LogP contribution in [0.15, 0.2) is 36.4 Å². The molecule has 6 heteroatoms. The summed E-state index contributed by atoms with van der Waals surface area (Å²) in [6.45, 7) is 3.39. The maximum atomic E-state index is 13.2. The van der Waals surface area contributed by atoms with E-state index >= 15 is 0 Å². The van der Waals surface area contributed by atoms with Crippen LogP contribution in [0.4, 0.5) is 10.1 Å². The minimum Gasteiger partial charge on any atom is -0.339 e. The van der Waals surface area contributed by atoms with Crippen molar-refractivity contribution in [3.05, 3.63) is 62.5 Å². The van der Waals surface area contributed by atoms with Gasteiger partial charge in [-0.05, 0) is 78.3 Å². The molecule has 2 amide bonds. The molecule has 0 aliphatic carbocycles. The zero-order chi connectivity index (χ0) is 18.0. The van der Waals surface area contributed by atoms with Crippen molar-refractivity contribution in [1.29, 1.82) is 0 Å². The molecule has 1 N–H and O–H groups in total. The van der Waals surface area contributed by atoms with Gasteiger partial charge in [0, 0.05) is 27.9 Å². The average molecular weight is 452 g/mol. The predicted octanol–water partition coefficient (Wildman–Crippen LogP) is 4.23. The molecule has 1 aliphatic heterocycles. The number of hydrogen-bond donors (Lipinski definition) is 1. The summed E-state index contributed by atoms with van der Waals surface area (Å²) in [5.41, 5.74) is 2.34. The van der Waals surface area contributed by atoms with Crippen LogP contribution in [0, 0.1) is 16.3 Å². The molecule has 0 unspecified atom stereocenters. The number of halogens is 2. The molecule has 1 aliphatic rings. The lowest BCUT2D eigenvalue weighted by atomic mass is 10.0. The Morgan fingerprint density at radius 3 is 2.52 bits per heavy atom. The monoisotopic (exact) mass is 452 g/mol. The summed E-state index contributed by atoms with van der Waals surface area (Å²) in [6, 6.07) is 9.35. The molecule has 0 saturated carbocycles. The minimum atomic E-state index is -0.379. The molecule has 0 atom stereocenters. The number of carbonyl (C=O) groups is 2. The Labute approximate surface area is 159 Å². The first-order valence-corrected chi connectivity index (χ1v) is 9.20. The number of nitrogens with zero attached hydrogens (tertiary/aromatic N) is 1. The van der Waals surface area contributed by atoms with Crippen LogP contribution in [0.1, 0.15) is 39.1 Å². The molecule has 1 fully saturated rings. The first-order valence-electron chi connectivity index (χ1n) is 8.12. The lowest BCUT2D eigenvalue weighted by Gasteiger charge is -2.18. The number of carbonyl (C=O) groups excluding carboxylic acids is 2. The SMILES string of the molecule is Cc1c(NC(=O)c2ccc(F)cc2I)cccc1C(=O)N1CCCC1. The third-order valence-electron chi connectivity index (χ3n) is 4.38. The van der Waals surface area contributed by atoms with Gasteiger partial charge in [-0.2, -0.15) is 0 Å². The largest absolute Gasteiger partial charge is 0.339 e. The molecule has 3 rings (SSSR count). The van der Waals surface area contributed by atoms with Gasteiger partial charge in [-0.3, -0.25) is 9.59 Å². The van der Waals surface area contributed by atoms with Crippen LogP contribution in [0.5, 0.6) is 0 Å². The summed E-state index contributed by atoms with van der Waals surface area (Å²) in [6.07, 6.45) is 2.06. The van der Waals surface area contributed by atoms with Gasteiger partial charge < -0.3 is 10.2 Å². The number of likely N-dealkylation sites (tertiary alicyclic amines) is 1. The molecule has 0 spiro atoms. The minimum absolute atomic E-state index is 0.00228. The van der Waals surface area contributed by atoms with Gasteiger partial charge >= 0.3 is 0 Å². The Kier molecular flexibility index (Phi) is 5.36. The summed E-state index contributed by atoms with van der Waals surface area (Å²) in [7, 11) is 0. The first kappa shape index (κ1) is 17.8. The molecular weight excluding hydrogens is 434 g/mol. The third-order valence-corrected chi connectivity index (χ3v) is 5.27. The summed E-state index contributed by atoms with van der Waals surface area (Å²) >= 11 is 1.93. The van der Waals surface area contributed by atoms with E-state index in [1.54, 1.807) is 18.2 Å². The number of anilines is 1. The second-order valence-corrected chi connectivity index (χ2v) is 7.22. The fourth-order valence-electron chi connectivity index (χ4n) is 2.96. The number of amides is 2. The molecule has 4 nitrogen and oxygen atoms in total. The number of nitrogens with one attached hydrogen (secondary N) is 1. The van der Waals surface area contributed by atoms with Crippen molar-refractivity contribution < 1.29 is 14.0 Å². The highest BCUT2D eigenvalue weighted by molar-refractivity contribution is 14.1. The molecule has 1 heterocycles. The predicted molar refractivity (Wildman–Crippen MR) is 103 cm³/mol. The normalized spacial score (nSPS) is 13.8. The number of rotatable bonds is 3. The van der Waals surface area contributed by atoms with Gasteiger partial charge in [0.05, 0.1) is 5.56 Å². The second kappa shape index (κ2) is 7.51. The van der Waals surface area contributed by atoms with Crippen molar-refractivity contribution >= 4 is 40.1 Å². The maximum absolute atomic E-state index is 13.2. The van der Waals surface area contributed by atoms with Crippen molar-refractivity contribution in [2.24, 2.45) is 0 Å². The molecule has 25 heavy (non-hydrogen) atoms. The van der Waals surface area contributed by atoms with Gasteiger partial charge in [0.2, 0.25) is 0 Å². The fourth-order valence-corrected chi connectivity index (χ4v) is 3.68. The standard InChI is InChI=1S/C19H18FIN2O2/c1-12-14(19(25)23-9-2-3-10-23)5-4-6-17(12)22-18(24)15-8-7-13(20)11-16(15)21/h4-8,11H,2-3,9-10H2,1H3,(H,22,24). The van der Waals surface area contributed by atoms with Crippen LogP contribution in [0.25, 0.3) is 0 Å². The summed E-state index contributed by atoms with van der Waals surface area (Å²) < 4.78 is 13.8. The molecule has 2 aromatic rings. The van der Waals surface area contributed by atoms with E-state index in [1.165, 1.54) is 18.2 Å². The average Bonchev–Trinajstić information content (AvgIpc) is 3.10. The van der Waals surface area contributed by atoms with Gasteiger partial charge in [0.1, 0.15) is 5.82 Å².